The summed E-state index contributed by atoms with van der Waals surface area (Å²) in [7, 11) is -3.45. The third-order valence-corrected chi connectivity index (χ3v) is 6.99. The van der Waals surface area contributed by atoms with Gasteiger partial charge in [-0.1, -0.05) is 18.2 Å². The lowest BCUT2D eigenvalue weighted by molar-refractivity contribution is -0.0440. The van der Waals surface area contributed by atoms with Crippen molar-refractivity contribution in [2.45, 2.75) is 32.6 Å². The number of benzene rings is 1. The topological polar surface area (TPSA) is 100 Å². The van der Waals surface area contributed by atoms with Crippen LogP contribution in [-0.4, -0.2) is 87.6 Å². The molecular formula is C20H32N4O5S. The maximum atomic E-state index is 12.6. The first-order valence-corrected chi connectivity index (χ1v) is 12.0. The van der Waals surface area contributed by atoms with Crippen LogP contribution in [0.1, 0.15) is 19.4 Å². The number of anilines is 1. The molecule has 0 saturated carbocycles. The molecule has 1 aromatic rings. The van der Waals surface area contributed by atoms with Crippen molar-refractivity contribution in [1.29, 1.82) is 0 Å². The molecule has 2 N–H and O–H groups in total. The Bertz CT molecular complexity index is 803. The number of carbonyl (C=O) groups excluding carboxylic acids is 1. The van der Waals surface area contributed by atoms with Crippen LogP contribution in [0.15, 0.2) is 24.3 Å². The maximum absolute atomic E-state index is 12.6. The van der Waals surface area contributed by atoms with Crippen LogP contribution in [0.4, 0.5) is 10.5 Å². The van der Waals surface area contributed by atoms with E-state index in [-0.39, 0.29) is 24.5 Å². The molecule has 168 valence electrons. The number of carbonyl (C=O) groups is 1. The highest BCUT2D eigenvalue weighted by atomic mass is 32.2. The number of para-hydroxylation sites is 1. The van der Waals surface area contributed by atoms with Gasteiger partial charge in [0.1, 0.15) is 0 Å². The zero-order valence-corrected chi connectivity index (χ0v) is 18.5. The molecule has 2 heterocycles. The number of hydrogen-bond donors (Lipinski definition) is 2. The second-order valence-electron chi connectivity index (χ2n) is 7.82. The van der Waals surface area contributed by atoms with Crippen LogP contribution in [0.2, 0.25) is 0 Å². The van der Waals surface area contributed by atoms with E-state index in [1.165, 1.54) is 4.31 Å². The molecule has 2 aliphatic rings. The Morgan fingerprint density at radius 2 is 1.80 bits per heavy atom. The normalized spacial score (nSPS) is 23.8. The average Bonchev–Trinajstić information content (AvgIpc) is 2.69. The van der Waals surface area contributed by atoms with Gasteiger partial charge in [-0.2, -0.15) is 4.31 Å². The van der Waals surface area contributed by atoms with Gasteiger partial charge in [-0.05, 0) is 25.5 Å². The number of nitrogens with zero attached hydrogens (tertiary/aromatic N) is 2. The Balaban J connectivity index is 1.49. The molecule has 0 spiro atoms. The van der Waals surface area contributed by atoms with E-state index in [1.807, 2.05) is 38.1 Å². The number of nitrogens with one attached hydrogen (secondary N) is 2. The SMILES string of the molecule is CC1CN(S(=O)(=O)CCNC(=O)Nc2ccccc2CN2CCOCC2)CC(C)O1. The van der Waals surface area contributed by atoms with E-state index in [0.717, 1.165) is 30.9 Å². The van der Waals surface area contributed by atoms with Gasteiger partial charge >= 0.3 is 6.03 Å². The summed E-state index contributed by atoms with van der Waals surface area (Å²) < 4.78 is 37.6. The molecule has 0 aromatic heterocycles. The minimum atomic E-state index is -3.45. The third kappa shape index (κ3) is 6.64. The molecule has 9 nitrogen and oxygen atoms in total. The van der Waals surface area contributed by atoms with E-state index < -0.39 is 16.1 Å². The Hall–Kier alpha value is -1.72. The van der Waals surface area contributed by atoms with Gasteiger partial charge in [0.15, 0.2) is 0 Å². The lowest BCUT2D eigenvalue weighted by atomic mass is 10.1. The standard InChI is InChI=1S/C20H32N4O5S/c1-16-13-24(14-17(2)29-16)30(26,27)12-7-21-20(25)22-19-6-4-3-5-18(19)15-23-8-10-28-11-9-23/h3-6,16-17H,7-15H2,1-2H3,(H2,21,22,25). The first-order chi connectivity index (χ1) is 14.3. The maximum Gasteiger partial charge on any atom is 0.319 e. The number of sulfonamides is 1. The second-order valence-corrected chi connectivity index (χ2v) is 9.91. The molecule has 2 saturated heterocycles. The van der Waals surface area contributed by atoms with Crippen LogP contribution in [0.25, 0.3) is 0 Å². The molecule has 2 unspecified atom stereocenters. The Morgan fingerprint density at radius 1 is 1.13 bits per heavy atom. The van der Waals surface area contributed by atoms with Crippen molar-refractivity contribution >= 4 is 21.7 Å². The Morgan fingerprint density at radius 3 is 2.50 bits per heavy atom. The predicted octanol–water partition coefficient (Wildman–Crippen LogP) is 1.08. The molecule has 0 aliphatic carbocycles. The summed E-state index contributed by atoms with van der Waals surface area (Å²) in [6, 6.07) is 7.22. The Labute approximate surface area is 178 Å². The van der Waals surface area contributed by atoms with E-state index in [2.05, 4.69) is 15.5 Å². The number of amides is 2. The lowest BCUT2D eigenvalue weighted by Gasteiger charge is -2.34. The summed E-state index contributed by atoms with van der Waals surface area (Å²) in [5, 5.41) is 5.50. The van der Waals surface area contributed by atoms with E-state index in [0.29, 0.717) is 26.3 Å². The monoisotopic (exact) mass is 440 g/mol. The van der Waals surface area contributed by atoms with Gasteiger partial charge in [-0.3, -0.25) is 4.90 Å². The van der Waals surface area contributed by atoms with Crippen LogP contribution in [0.3, 0.4) is 0 Å². The van der Waals surface area contributed by atoms with Crippen molar-refractivity contribution in [2.24, 2.45) is 0 Å². The van der Waals surface area contributed by atoms with Gasteiger partial charge in [0.2, 0.25) is 10.0 Å². The molecule has 2 aliphatic heterocycles. The summed E-state index contributed by atoms with van der Waals surface area (Å²) in [6.45, 7) is 8.31. The van der Waals surface area contributed by atoms with Crippen LogP contribution < -0.4 is 10.6 Å². The number of urea groups is 1. The van der Waals surface area contributed by atoms with Crippen molar-refractivity contribution < 1.29 is 22.7 Å². The van der Waals surface area contributed by atoms with E-state index >= 15 is 0 Å². The number of ether oxygens (including phenoxy) is 2. The van der Waals surface area contributed by atoms with Gasteiger partial charge in [0, 0.05) is 45.0 Å². The van der Waals surface area contributed by atoms with Crippen LogP contribution in [0, 0.1) is 0 Å². The summed E-state index contributed by atoms with van der Waals surface area (Å²) in [4.78, 5) is 14.6. The van der Waals surface area contributed by atoms with Crippen LogP contribution >= 0.6 is 0 Å². The highest BCUT2D eigenvalue weighted by Crippen LogP contribution is 2.18. The summed E-state index contributed by atoms with van der Waals surface area (Å²) in [5.74, 6) is -0.144. The van der Waals surface area contributed by atoms with Gasteiger partial charge in [-0.25, -0.2) is 13.2 Å². The van der Waals surface area contributed by atoms with Crippen LogP contribution in [-0.2, 0) is 26.0 Å². The fourth-order valence-electron chi connectivity index (χ4n) is 3.73. The van der Waals surface area contributed by atoms with Crippen molar-refractivity contribution in [1.82, 2.24) is 14.5 Å². The molecular weight excluding hydrogens is 408 g/mol. The molecule has 3 rings (SSSR count). The number of rotatable bonds is 7. The van der Waals surface area contributed by atoms with E-state index in [9.17, 15) is 13.2 Å². The fourth-order valence-corrected chi connectivity index (χ4v) is 5.22. The largest absolute Gasteiger partial charge is 0.379 e. The van der Waals surface area contributed by atoms with Gasteiger partial charge in [-0.15, -0.1) is 0 Å². The summed E-state index contributed by atoms with van der Waals surface area (Å²) >= 11 is 0. The van der Waals surface area contributed by atoms with Crippen molar-refractivity contribution in [3.63, 3.8) is 0 Å². The van der Waals surface area contributed by atoms with Gasteiger partial charge in [0.05, 0.1) is 31.2 Å². The summed E-state index contributed by atoms with van der Waals surface area (Å²) in [6.07, 6.45) is -0.273. The van der Waals surface area contributed by atoms with Crippen LogP contribution in [0.5, 0.6) is 0 Å². The van der Waals surface area contributed by atoms with Crippen molar-refractivity contribution in [2.75, 3.05) is 57.0 Å². The predicted molar refractivity (Wildman–Crippen MR) is 115 cm³/mol. The molecule has 2 amide bonds. The molecule has 30 heavy (non-hydrogen) atoms. The number of morpholine rings is 2. The van der Waals surface area contributed by atoms with Crippen molar-refractivity contribution in [3.8, 4) is 0 Å². The second kappa shape index (κ2) is 10.5. The summed E-state index contributed by atoms with van der Waals surface area (Å²) in [5.41, 5.74) is 1.73. The highest BCUT2D eigenvalue weighted by Gasteiger charge is 2.30. The molecule has 10 heteroatoms. The van der Waals surface area contributed by atoms with Crippen molar-refractivity contribution in [3.05, 3.63) is 29.8 Å². The average molecular weight is 441 g/mol. The molecule has 2 atom stereocenters. The van der Waals surface area contributed by atoms with Gasteiger partial charge < -0.3 is 20.1 Å². The molecule has 1 aromatic carbocycles. The first kappa shape index (κ1) is 23.0. The minimum Gasteiger partial charge on any atom is -0.379 e. The highest BCUT2D eigenvalue weighted by molar-refractivity contribution is 7.89. The molecule has 0 radical (unpaired) electrons. The lowest BCUT2D eigenvalue weighted by Crippen LogP contribution is -2.49. The molecule has 0 bridgehead atoms. The van der Waals surface area contributed by atoms with Gasteiger partial charge in [0.25, 0.3) is 0 Å². The zero-order chi connectivity index (χ0) is 21.6. The zero-order valence-electron chi connectivity index (χ0n) is 17.7. The minimum absolute atomic E-state index is 0.0416. The Kier molecular flexibility index (Phi) is 8.06. The first-order valence-electron chi connectivity index (χ1n) is 10.4. The van der Waals surface area contributed by atoms with E-state index in [4.69, 9.17) is 9.47 Å². The third-order valence-electron chi connectivity index (χ3n) is 5.19. The quantitative estimate of drug-likeness (QED) is 0.658. The molecule has 2 fully saturated rings. The number of hydrogen-bond acceptors (Lipinski definition) is 6. The smallest absolute Gasteiger partial charge is 0.319 e. The van der Waals surface area contributed by atoms with E-state index in [1.54, 1.807) is 0 Å². The fraction of sp³-hybridized carbons (Fsp3) is 0.650.